The predicted octanol–water partition coefficient (Wildman–Crippen LogP) is 3.62. The maximum atomic E-state index is 6.23. The van der Waals surface area contributed by atoms with Crippen molar-refractivity contribution in [3.8, 4) is 11.5 Å². The van der Waals surface area contributed by atoms with E-state index in [1.54, 1.807) is 7.11 Å². The molecule has 0 saturated carbocycles. The number of methoxy groups -OCH3 is 1. The smallest absolute Gasteiger partial charge is 0.121 e. The molecule has 0 aliphatic carbocycles. The monoisotopic (exact) mass is 314 g/mol. The Labute approximate surface area is 138 Å². The number of anilines is 1. The van der Waals surface area contributed by atoms with Crippen LogP contribution in [-0.2, 0) is 0 Å². The Morgan fingerprint density at radius 3 is 2.39 bits per heavy atom. The van der Waals surface area contributed by atoms with Gasteiger partial charge >= 0.3 is 0 Å². The molecule has 0 aromatic heterocycles. The van der Waals surface area contributed by atoms with E-state index in [2.05, 4.69) is 30.9 Å². The van der Waals surface area contributed by atoms with E-state index < -0.39 is 0 Å². The van der Waals surface area contributed by atoms with Crippen molar-refractivity contribution in [2.45, 2.75) is 19.9 Å². The Bertz CT molecular complexity index is 612. The molecule has 0 bridgehead atoms. The van der Waals surface area contributed by atoms with Gasteiger partial charge in [-0.15, -0.1) is 0 Å². The third-order valence-electron chi connectivity index (χ3n) is 3.90. The Kier molecular flexibility index (Phi) is 6.29. The van der Waals surface area contributed by atoms with Crippen LogP contribution in [0.2, 0.25) is 0 Å². The van der Waals surface area contributed by atoms with Gasteiger partial charge in [0.1, 0.15) is 18.1 Å². The van der Waals surface area contributed by atoms with Gasteiger partial charge in [-0.3, -0.25) is 0 Å². The van der Waals surface area contributed by atoms with E-state index >= 15 is 0 Å². The van der Waals surface area contributed by atoms with E-state index in [9.17, 15) is 0 Å². The number of nitrogens with zero attached hydrogens (tertiary/aromatic N) is 1. The van der Waals surface area contributed by atoms with Gasteiger partial charge in [-0.1, -0.05) is 18.2 Å². The summed E-state index contributed by atoms with van der Waals surface area (Å²) in [5.74, 6) is 1.65. The van der Waals surface area contributed by atoms with Gasteiger partial charge in [-0.05, 0) is 43.7 Å². The van der Waals surface area contributed by atoms with Gasteiger partial charge in [0.2, 0.25) is 0 Å². The molecule has 0 heterocycles. The number of hydrogen-bond donors (Lipinski definition) is 1. The molecule has 0 amide bonds. The highest BCUT2D eigenvalue weighted by Gasteiger charge is 2.09. The first-order chi connectivity index (χ1) is 11.2. The van der Waals surface area contributed by atoms with Crippen molar-refractivity contribution >= 4 is 5.69 Å². The highest BCUT2D eigenvalue weighted by atomic mass is 16.5. The summed E-state index contributed by atoms with van der Waals surface area (Å²) >= 11 is 0. The van der Waals surface area contributed by atoms with Crippen LogP contribution >= 0.6 is 0 Å². The zero-order chi connectivity index (χ0) is 16.7. The van der Waals surface area contributed by atoms with Crippen LogP contribution in [0.1, 0.15) is 25.5 Å². The maximum Gasteiger partial charge on any atom is 0.121 e. The summed E-state index contributed by atoms with van der Waals surface area (Å²) in [6, 6.07) is 15.7. The molecule has 2 rings (SSSR count). The lowest BCUT2D eigenvalue weighted by molar-refractivity contribution is 0.290. The molecule has 4 nitrogen and oxygen atoms in total. The number of rotatable bonds is 8. The van der Waals surface area contributed by atoms with Crippen LogP contribution in [0, 0.1) is 0 Å². The Hall–Kier alpha value is -2.20. The first-order valence-electron chi connectivity index (χ1n) is 8.05. The Morgan fingerprint density at radius 1 is 1.00 bits per heavy atom. The number of hydrogen-bond acceptors (Lipinski definition) is 4. The number of nitrogens with two attached hydrogens (primary N) is 1. The quantitative estimate of drug-likeness (QED) is 0.808. The van der Waals surface area contributed by atoms with Gasteiger partial charge in [-0.2, -0.15) is 0 Å². The first-order valence-corrected chi connectivity index (χ1v) is 8.05. The normalized spacial score (nSPS) is 11.8. The summed E-state index contributed by atoms with van der Waals surface area (Å²) in [5.41, 5.74) is 8.40. The van der Waals surface area contributed by atoms with Gasteiger partial charge in [0.25, 0.3) is 0 Å². The fourth-order valence-corrected chi connectivity index (χ4v) is 2.51. The maximum absolute atomic E-state index is 6.23. The van der Waals surface area contributed by atoms with E-state index in [0.29, 0.717) is 6.61 Å². The van der Waals surface area contributed by atoms with Gasteiger partial charge in [0.05, 0.1) is 13.2 Å². The van der Waals surface area contributed by atoms with Crippen molar-refractivity contribution in [1.82, 2.24) is 0 Å². The van der Waals surface area contributed by atoms with Crippen LogP contribution in [0.25, 0.3) is 0 Å². The molecular formula is C19H26N2O2. The van der Waals surface area contributed by atoms with Crippen molar-refractivity contribution < 1.29 is 9.47 Å². The van der Waals surface area contributed by atoms with E-state index in [4.69, 9.17) is 15.2 Å². The van der Waals surface area contributed by atoms with Crippen molar-refractivity contribution in [1.29, 1.82) is 0 Å². The highest BCUT2D eigenvalue weighted by molar-refractivity contribution is 5.50. The predicted molar refractivity (Wildman–Crippen MR) is 95.4 cm³/mol. The zero-order valence-corrected chi connectivity index (χ0v) is 14.2. The van der Waals surface area contributed by atoms with Crippen molar-refractivity contribution in [2.24, 2.45) is 5.73 Å². The van der Waals surface area contributed by atoms with Crippen LogP contribution in [-0.4, -0.2) is 26.8 Å². The van der Waals surface area contributed by atoms with E-state index in [0.717, 1.165) is 30.2 Å². The minimum atomic E-state index is -0.192. The minimum Gasteiger partial charge on any atom is -0.497 e. The van der Waals surface area contributed by atoms with Crippen LogP contribution in [0.5, 0.6) is 11.5 Å². The standard InChI is InChI=1S/C19H26N2O2/c1-4-21(5-2)16-9-7-11-18(13-16)23-14-19(20)15-8-6-10-17(12-15)22-3/h6-13,19H,4-5,14,20H2,1-3H3. The minimum absolute atomic E-state index is 0.192. The fourth-order valence-electron chi connectivity index (χ4n) is 2.51. The molecule has 2 aromatic rings. The zero-order valence-electron chi connectivity index (χ0n) is 14.2. The first kappa shape index (κ1) is 17.2. The fraction of sp³-hybridized carbons (Fsp3) is 0.368. The highest BCUT2D eigenvalue weighted by Crippen LogP contribution is 2.23. The van der Waals surface area contributed by atoms with Crippen LogP contribution in [0.15, 0.2) is 48.5 Å². The van der Waals surface area contributed by atoms with Crippen molar-refractivity contribution in [3.05, 3.63) is 54.1 Å². The Morgan fingerprint density at radius 2 is 1.70 bits per heavy atom. The van der Waals surface area contributed by atoms with Crippen LogP contribution in [0.4, 0.5) is 5.69 Å². The molecule has 1 unspecified atom stereocenters. The third-order valence-corrected chi connectivity index (χ3v) is 3.90. The summed E-state index contributed by atoms with van der Waals surface area (Å²) < 4.78 is 11.1. The molecule has 0 saturated heterocycles. The van der Waals surface area contributed by atoms with E-state index in [-0.39, 0.29) is 6.04 Å². The summed E-state index contributed by atoms with van der Waals surface area (Å²) in [4.78, 5) is 2.29. The summed E-state index contributed by atoms with van der Waals surface area (Å²) in [7, 11) is 1.65. The summed E-state index contributed by atoms with van der Waals surface area (Å²) in [5, 5.41) is 0. The molecule has 23 heavy (non-hydrogen) atoms. The second-order valence-electron chi connectivity index (χ2n) is 5.36. The average molecular weight is 314 g/mol. The molecule has 0 fully saturated rings. The third kappa shape index (κ3) is 4.63. The summed E-state index contributed by atoms with van der Waals surface area (Å²) in [6.45, 7) is 6.67. The molecular weight excluding hydrogens is 288 g/mol. The lowest BCUT2D eigenvalue weighted by atomic mass is 10.1. The summed E-state index contributed by atoms with van der Waals surface area (Å²) in [6.07, 6.45) is 0. The molecule has 0 radical (unpaired) electrons. The largest absolute Gasteiger partial charge is 0.497 e. The lowest BCUT2D eigenvalue weighted by Gasteiger charge is -2.22. The van der Waals surface area contributed by atoms with Gasteiger partial charge < -0.3 is 20.1 Å². The molecule has 0 aliphatic rings. The van der Waals surface area contributed by atoms with Crippen LogP contribution < -0.4 is 20.1 Å². The number of ether oxygens (including phenoxy) is 2. The topological polar surface area (TPSA) is 47.7 Å². The van der Waals surface area contributed by atoms with Crippen molar-refractivity contribution in [3.63, 3.8) is 0 Å². The second-order valence-corrected chi connectivity index (χ2v) is 5.36. The average Bonchev–Trinajstić information content (AvgIpc) is 2.61. The SMILES string of the molecule is CCN(CC)c1cccc(OCC(N)c2cccc(OC)c2)c1. The molecule has 1 atom stereocenters. The van der Waals surface area contributed by atoms with Crippen molar-refractivity contribution in [2.75, 3.05) is 31.7 Å². The van der Waals surface area contributed by atoms with Gasteiger partial charge in [0.15, 0.2) is 0 Å². The van der Waals surface area contributed by atoms with Gasteiger partial charge in [-0.25, -0.2) is 0 Å². The molecule has 2 aromatic carbocycles. The Balaban J connectivity index is 2.01. The molecule has 2 N–H and O–H groups in total. The molecule has 0 spiro atoms. The van der Waals surface area contributed by atoms with Crippen LogP contribution in [0.3, 0.4) is 0 Å². The lowest BCUT2D eigenvalue weighted by Crippen LogP contribution is -2.22. The van der Waals surface area contributed by atoms with E-state index in [1.807, 2.05) is 36.4 Å². The number of benzene rings is 2. The molecule has 124 valence electrons. The molecule has 0 aliphatic heterocycles. The second kappa shape index (κ2) is 8.44. The molecule has 4 heteroatoms. The van der Waals surface area contributed by atoms with E-state index in [1.165, 1.54) is 5.69 Å². The van der Waals surface area contributed by atoms with Gasteiger partial charge in [0, 0.05) is 24.8 Å².